The van der Waals surface area contributed by atoms with Crippen molar-refractivity contribution in [1.29, 1.82) is 0 Å². The molecule has 102 valence electrons. The molecule has 1 aromatic carbocycles. The van der Waals surface area contributed by atoms with Gasteiger partial charge in [0.25, 0.3) is 5.91 Å². The summed E-state index contributed by atoms with van der Waals surface area (Å²) < 4.78 is 0. The molecule has 0 saturated heterocycles. The summed E-state index contributed by atoms with van der Waals surface area (Å²) in [7, 11) is 0. The Hall–Kier alpha value is -2.10. The van der Waals surface area contributed by atoms with Gasteiger partial charge in [-0.05, 0) is 36.6 Å². The minimum Gasteiger partial charge on any atom is -0.478 e. The number of benzene rings is 1. The zero-order valence-electron chi connectivity index (χ0n) is 11.2. The lowest BCUT2D eigenvalue weighted by Crippen LogP contribution is -2.33. The average Bonchev–Trinajstić information content (AvgIpc) is 2.42. The molecule has 1 rings (SSSR count). The van der Waals surface area contributed by atoms with E-state index in [0.717, 1.165) is 18.9 Å². The van der Waals surface area contributed by atoms with Gasteiger partial charge in [0.2, 0.25) is 0 Å². The van der Waals surface area contributed by atoms with Crippen LogP contribution < -0.4 is 5.32 Å². The van der Waals surface area contributed by atoms with Crippen LogP contribution in [0.1, 0.15) is 42.6 Å². The van der Waals surface area contributed by atoms with E-state index in [1.807, 2.05) is 13.8 Å². The van der Waals surface area contributed by atoms with Gasteiger partial charge in [0.1, 0.15) is 0 Å². The lowest BCUT2D eigenvalue weighted by molar-refractivity contribution is -0.131. The highest BCUT2D eigenvalue weighted by Crippen LogP contribution is 2.08. The molecule has 0 saturated carbocycles. The predicted molar refractivity (Wildman–Crippen MR) is 74.9 cm³/mol. The van der Waals surface area contributed by atoms with Crippen molar-refractivity contribution in [3.8, 4) is 0 Å². The van der Waals surface area contributed by atoms with Crippen LogP contribution in [0.3, 0.4) is 0 Å². The number of rotatable bonds is 6. The molecule has 1 amide bonds. The van der Waals surface area contributed by atoms with E-state index in [1.165, 1.54) is 6.08 Å². The smallest absolute Gasteiger partial charge is 0.328 e. The topological polar surface area (TPSA) is 66.4 Å². The molecule has 0 heterocycles. The van der Waals surface area contributed by atoms with Crippen molar-refractivity contribution < 1.29 is 14.7 Å². The molecule has 4 nitrogen and oxygen atoms in total. The van der Waals surface area contributed by atoms with Gasteiger partial charge >= 0.3 is 5.97 Å². The molecule has 0 fully saturated rings. The van der Waals surface area contributed by atoms with Crippen LogP contribution in [0.2, 0.25) is 0 Å². The Morgan fingerprint density at radius 1 is 1.32 bits per heavy atom. The lowest BCUT2D eigenvalue weighted by atomic mass is 10.1. The fourth-order valence-corrected chi connectivity index (χ4v) is 1.71. The Morgan fingerprint density at radius 2 is 2.00 bits per heavy atom. The highest BCUT2D eigenvalue weighted by atomic mass is 16.4. The number of carbonyl (C=O) groups excluding carboxylic acids is 1. The molecule has 0 aromatic heterocycles. The first-order chi connectivity index (χ1) is 9.06. The molecule has 0 aliphatic rings. The third-order valence-corrected chi connectivity index (χ3v) is 2.89. The number of aliphatic carboxylic acids is 1. The standard InChI is InChI=1S/C15H19NO3/c1-3-13(4-2)16-15(19)12-7-5-6-11(10-12)8-9-14(17)18/h5-10,13H,3-4H2,1-2H3,(H,16,19)(H,17,18). The van der Waals surface area contributed by atoms with E-state index in [2.05, 4.69) is 5.32 Å². The summed E-state index contributed by atoms with van der Waals surface area (Å²) in [5.74, 6) is -1.13. The molecule has 0 bridgehead atoms. The van der Waals surface area contributed by atoms with E-state index in [-0.39, 0.29) is 11.9 Å². The van der Waals surface area contributed by atoms with Crippen LogP contribution in [0.25, 0.3) is 6.08 Å². The van der Waals surface area contributed by atoms with Crippen molar-refractivity contribution >= 4 is 18.0 Å². The fraction of sp³-hybridized carbons (Fsp3) is 0.333. The molecule has 0 aliphatic carbocycles. The van der Waals surface area contributed by atoms with Gasteiger partial charge < -0.3 is 10.4 Å². The van der Waals surface area contributed by atoms with Crippen LogP contribution in [0.4, 0.5) is 0 Å². The Labute approximate surface area is 113 Å². The minimum absolute atomic E-state index is 0.126. The van der Waals surface area contributed by atoms with Crippen molar-refractivity contribution in [3.63, 3.8) is 0 Å². The van der Waals surface area contributed by atoms with Crippen molar-refractivity contribution in [3.05, 3.63) is 41.5 Å². The number of nitrogens with one attached hydrogen (secondary N) is 1. The molecular weight excluding hydrogens is 242 g/mol. The second-order valence-corrected chi connectivity index (χ2v) is 4.28. The van der Waals surface area contributed by atoms with Crippen molar-refractivity contribution in [2.45, 2.75) is 32.7 Å². The summed E-state index contributed by atoms with van der Waals surface area (Å²) in [6, 6.07) is 7.06. The van der Waals surface area contributed by atoms with E-state index in [0.29, 0.717) is 11.1 Å². The number of hydrogen-bond acceptors (Lipinski definition) is 2. The van der Waals surface area contributed by atoms with E-state index in [9.17, 15) is 9.59 Å². The highest BCUT2D eigenvalue weighted by Gasteiger charge is 2.10. The largest absolute Gasteiger partial charge is 0.478 e. The van der Waals surface area contributed by atoms with Crippen molar-refractivity contribution in [2.24, 2.45) is 0 Å². The van der Waals surface area contributed by atoms with E-state index >= 15 is 0 Å². The second kappa shape index (κ2) is 7.36. The maximum absolute atomic E-state index is 12.0. The van der Waals surface area contributed by atoms with Crippen LogP contribution >= 0.6 is 0 Å². The molecule has 0 atom stereocenters. The summed E-state index contributed by atoms with van der Waals surface area (Å²) in [4.78, 5) is 22.5. The van der Waals surface area contributed by atoms with E-state index in [1.54, 1.807) is 24.3 Å². The molecule has 1 aromatic rings. The van der Waals surface area contributed by atoms with Gasteiger partial charge in [0.15, 0.2) is 0 Å². The SMILES string of the molecule is CCC(CC)NC(=O)c1cccc(C=CC(=O)O)c1. The molecule has 19 heavy (non-hydrogen) atoms. The first kappa shape index (κ1) is 15.0. The van der Waals surface area contributed by atoms with Crippen LogP contribution in [0.5, 0.6) is 0 Å². The Bertz CT molecular complexity index is 476. The second-order valence-electron chi connectivity index (χ2n) is 4.28. The van der Waals surface area contributed by atoms with Gasteiger partial charge in [-0.2, -0.15) is 0 Å². The first-order valence-corrected chi connectivity index (χ1v) is 6.38. The van der Waals surface area contributed by atoms with Gasteiger partial charge in [-0.3, -0.25) is 4.79 Å². The first-order valence-electron chi connectivity index (χ1n) is 6.38. The van der Waals surface area contributed by atoms with Crippen LogP contribution in [-0.4, -0.2) is 23.0 Å². The molecule has 0 aliphatic heterocycles. The Balaban J connectivity index is 2.81. The molecular formula is C15H19NO3. The third-order valence-electron chi connectivity index (χ3n) is 2.89. The highest BCUT2D eigenvalue weighted by molar-refractivity contribution is 5.95. The van der Waals surface area contributed by atoms with Gasteiger partial charge in [0, 0.05) is 17.7 Å². The Kier molecular flexibility index (Phi) is 5.79. The molecule has 2 N–H and O–H groups in total. The molecule has 0 unspecified atom stereocenters. The van der Waals surface area contributed by atoms with Gasteiger partial charge in [-0.1, -0.05) is 26.0 Å². The maximum Gasteiger partial charge on any atom is 0.328 e. The zero-order chi connectivity index (χ0) is 14.3. The van der Waals surface area contributed by atoms with Crippen LogP contribution in [-0.2, 0) is 4.79 Å². The molecule has 0 radical (unpaired) electrons. The monoisotopic (exact) mass is 261 g/mol. The van der Waals surface area contributed by atoms with Crippen LogP contribution in [0, 0.1) is 0 Å². The van der Waals surface area contributed by atoms with E-state index in [4.69, 9.17) is 5.11 Å². The average molecular weight is 261 g/mol. The summed E-state index contributed by atoms with van der Waals surface area (Å²) >= 11 is 0. The summed E-state index contributed by atoms with van der Waals surface area (Å²) in [5.41, 5.74) is 1.24. The number of amides is 1. The van der Waals surface area contributed by atoms with Gasteiger partial charge in [-0.25, -0.2) is 4.79 Å². The molecule has 0 spiro atoms. The maximum atomic E-state index is 12.0. The lowest BCUT2D eigenvalue weighted by Gasteiger charge is -2.14. The summed E-state index contributed by atoms with van der Waals surface area (Å²) in [5, 5.41) is 11.5. The minimum atomic E-state index is -1.01. The van der Waals surface area contributed by atoms with E-state index < -0.39 is 5.97 Å². The van der Waals surface area contributed by atoms with Gasteiger partial charge in [-0.15, -0.1) is 0 Å². The summed E-state index contributed by atoms with van der Waals surface area (Å²) in [6.45, 7) is 4.06. The zero-order valence-corrected chi connectivity index (χ0v) is 11.2. The summed E-state index contributed by atoms with van der Waals surface area (Å²) in [6.07, 6.45) is 4.30. The quantitative estimate of drug-likeness (QED) is 0.774. The predicted octanol–water partition coefficient (Wildman–Crippen LogP) is 2.70. The van der Waals surface area contributed by atoms with Crippen LogP contribution in [0.15, 0.2) is 30.3 Å². The fourth-order valence-electron chi connectivity index (χ4n) is 1.71. The third kappa shape index (κ3) is 4.95. The van der Waals surface area contributed by atoms with Gasteiger partial charge in [0.05, 0.1) is 0 Å². The Morgan fingerprint density at radius 3 is 2.58 bits per heavy atom. The van der Waals surface area contributed by atoms with Crippen molar-refractivity contribution in [2.75, 3.05) is 0 Å². The number of carboxylic acids is 1. The number of hydrogen-bond donors (Lipinski definition) is 2. The molecule has 4 heteroatoms. The normalized spacial score (nSPS) is 10.9. The number of carbonyl (C=O) groups is 2. The van der Waals surface area contributed by atoms with Crippen molar-refractivity contribution in [1.82, 2.24) is 5.32 Å². The number of carboxylic acid groups (broad SMARTS) is 1.